The Morgan fingerprint density at radius 2 is 1.65 bits per heavy atom. The van der Waals surface area contributed by atoms with Crippen molar-refractivity contribution in [2.45, 2.75) is 60.5 Å². The molecule has 0 aliphatic heterocycles. The van der Waals surface area contributed by atoms with Crippen LogP contribution in [0, 0.1) is 6.92 Å². The summed E-state index contributed by atoms with van der Waals surface area (Å²) >= 11 is 0. The molecule has 1 heterocycles. The largest absolute Gasteiger partial charge is 0.493 e. The Kier molecular flexibility index (Phi) is 15.1. The zero-order chi connectivity index (χ0) is 26.1. The summed E-state index contributed by atoms with van der Waals surface area (Å²) in [6, 6.07) is 9.26. The van der Waals surface area contributed by atoms with Crippen molar-refractivity contribution >= 4 is 17.8 Å². The van der Waals surface area contributed by atoms with Crippen molar-refractivity contribution < 1.29 is 33.3 Å². The van der Waals surface area contributed by atoms with E-state index in [9.17, 15) is 14.4 Å². The first kappa shape index (κ1) is 30.4. The van der Waals surface area contributed by atoms with E-state index in [1.807, 2.05) is 38.1 Å². The number of pyridine rings is 1. The summed E-state index contributed by atoms with van der Waals surface area (Å²) in [6.45, 7) is 11.4. The molecule has 2 aromatic rings. The first-order chi connectivity index (χ1) is 16.1. The molecule has 0 bridgehead atoms. The summed E-state index contributed by atoms with van der Waals surface area (Å²) in [4.78, 5) is 36.4. The number of carbonyl (C=O) groups is 3. The van der Waals surface area contributed by atoms with Crippen LogP contribution in [-0.4, -0.2) is 42.7 Å². The van der Waals surface area contributed by atoms with Gasteiger partial charge in [-0.2, -0.15) is 0 Å². The minimum Gasteiger partial charge on any atom is -0.493 e. The number of aryl methyl sites for hydroxylation is 1. The second kappa shape index (κ2) is 16.9. The number of amides is 1. The molecule has 1 aromatic carbocycles. The Labute approximate surface area is 201 Å². The van der Waals surface area contributed by atoms with E-state index >= 15 is 0 Å². The van der Waals surface area contributed by atoms with Gasteiger partial charge in [-0.15, -0.1) is 0 Å². The molecule has 0 saturated heterocycles. The molecular weight excluding hydrogens is 440 g/mol. The van der Waals surface area contributed by atoms with E-state index in [1.165, 1.54) is 38.3 Å². The third-order valence-electron chi connectivity index (χ3n) is 3.69. The molecule has 9 heteroatoms. The van der Waals surface area contributed by atoms with Crippen LogP contribution in [0.15, 0.2) is 36.5 Å². The molecule has 34 heavy (non-hydrogen) atoms. The molecular formula is C25H36N2O7. The number of nitrogens with zero attached hydrogens (tertiary/aromatic N) is 1. The zero-order valence-corrected chi connectivity index (χ0v) is 21.0. The van der Waals surface area contributed by atoms with Gasteiger partial charge in [-0.3, -0.25) is 14.4 Å². The zero-order valence-electron chi connectivity index (χ0n) is 21.0. The predicted molar refractivity (Wildman–Crippen MR) is 129 cm³/mol. The molecule has 1 atom stereocenters. The fourth-order valence-corrected chi connectivity index (χ4v) is 2.20. The third-order valence-corrected chi connectivity index (χ3v) is 3.69. The summed E-state index contributed by atoms with van der Waals surface area (Å²) in [5.74, 6) is -0.590. The molecule has 1 unspecified atom stereocenters. The monoisotopic (exact) mass is 476 g/mol. The first-order valence-corrected chi connectivity index (χ1v) is 11.0. The highest BCUT2D eigenvalue weighted by atomic mass is 16.6. The molecule has 9 nitrogen and oxygen atoms in total. The number of carbonyl (C=O) groups excluding carboxylic acids is 3. The number of esters is 2. The van der Waals surface area contributed by atoms with E-state index < -0.39 is 11.9 Å². The number of nitrogens with two attached hydrogens (primary N) is 1. The van der Waals surface area contributed by atoms with Crippen molar-refractivity contribution in [3.05, 3.63) is 47.8 Å². The molecule has 0 fully saturated rings. The lowest BCUT2D eigenvalue weighted by atomic mass is 10.2. The van der Waals surface area contributed by atoms with E-state index in [0.29, 0.717) is 13.0 Å². The average Bonchev–Trinajstić information content (AvgIpc) is 2.79. The fraction of sp³-hybridized carbons (Fsp3) is 0.440. The normalized spacial score (nSPS) is 10.3. The summed E-state index contributed by atoms with van der Waals surface area (Å²) in [5.41, 5.74) is 6.12. The summed E-state index contributed by atoms with van der Waals surface area (Å²) in [7, 11) is 1.38. The molecule has 0 saturated carbocycles. The van der Waals surface area contributed by atoms with Crippen molar-refractivity contribution in [3.8, 4) is 17.2 Å². The molecule has 1 aromatic heterocycles. The SMILES string of the molecule is CCC.CCC(=O)OCC(C)Oc1ccc(C)cc1.COc1ccnc(C(N)=O)c1OC(C)=O. The highest BCUT2D eigenvalue weighted by Gasteiger charge is 2.18. The van der Waals surface area contributed by atoms with E-state index in [4.69, 9.17) is 24.7 Å². The van der Waals surface area contributed by atoms with Crippen LogP contribution in [0.3, 0.4) is 0 Å². The highest BCUT2D eigenvalue weighted by Crippen LogP contribution is 2.29. The standard InChI is InChI=1S/C13H18O3.C9H10N2O4.C3H8/c1-4-13(14)15-9-11(3)16-12-7-5-10(2)6-8-12;1-5(12)15-8-6(14-2)3-4-11-7(8)9(10)13;1-3-2/h5-8,11H,4,9H2,1-3H3;3-4H,1-2H3,(H2,10,13);3H2,1-2H3. The molecule has 2 rings (SSSR count). The van der Waals surface area contributed by atoms with Crippen LogP contribution < -0.4 is 19.9 Å². The van der Waals surface area contributed by atoms with Gasteiger partial charge in [-0.1, -0.05) is 44.9 Å². The Morgan fingerprint density at radius 1 is 1.06 bits per heavy atom. The summed E-state index contributed by atoms with van der Waals surface area (Å²) in [5, 5.41) is 0. The van der Waals surface area contributed by atoms with Gasteiger partial charge in [-0.05, 0) is 26.0 Å². The number of methoxy groups -OCH3 is 1. The molecule has 0 radical (unpaired) electrons. The van der Waals surface area contributed by atoms with Crippen LogP contribution >= 0.6 is 0 Å². The Morgan fingerprint density at radius 3 is 2.12 bits per heavy atom. The minimum absolute atomic E-state index is 0.0556. The number of hydrogen-bond donors (Lipinski definition) is 1. The van der Waals surface area contributed by atoms with E-state index in [0.717, 1.165) is 5.75 Å². The number of ether oxygens (including phenoxy) is 4. The van der Waals surface area contributed by atoms with E-state index in [-0.39, 0.29) is 29.3 Å². The smallest absolute Gasteiger partial charge is 0.308 e. The quantitative estimate of drug-likeness (QED) is 0.560. The van der Waals surface area contributed by atoms with Crippen LogP contribution in [0.4, 0.5) is 0 Å². The van der Waals surface area contributed by atoms with Crippen LogP contribution in [-0.2, 0) is 14.3 Å². The Bertz CT molecular complexity index is 899. The second-order valence-corrected chi connectivity index (χ2v) is 7.13. The maximum atomic E-state index is 11.0. The number of hydrogen-bond acceptors (Lipinski definition) is 8. The summed E-state index contributed by atoms with van der Waals surface area (Å²) < 4.78 is 20.3. The third kappa shape index (κ3) is 12.4. The Balaban J connectivity index is 0.000000575. The van der Waals surface area contributed by atoms with Crippen molar-refractivity contribution in [2.75, 3.05) is 13.7 Å². The predicted octanol–water partition coefficient (Wildman–Crippen LogP) is 4.25. The van der Waals surface area contributed by atoms with E-state index in [2.05, 4.69) is 18.8 Å². The second-order valence-electron chi connectivity index (χ2n) is 7.13. The summed E-state index contributed by atoms with van der Waals surface area (Å²) in [6.07, 6.45) is 2.86. The number of benzene rings is 1. The van der Waals surface area contributed by atoms with Gasteiger partial charge in [0.2, 0.25) is 5.75 Å². The van der Waals surface area contributed by atoms with Crippen molar-refractivity contribution in [3.63, 3.8) is 0 Å². The molecule has 0 spiro atoms. The van der Waals surface area contributed by atoms with Gasteiger partial charge in [0, 0.05) is 25.6 Å². The van der Waals surface area contributed by atoms with Crippen molar-refractivity contribution in [2.24, 2.45) is 5.73 Å². The topological polar surface area (TPSA) is 127 Å². The van der Waals surface area contributed by atoms with Gasteiger partial charge in [0.25, 0.3) is 5.91 Å². The van der Waals surface area contributed by atoms with Gasteiger partial charge in [0.15, 0.2) is 11.4 Å². The first-order valence-electron chi connectivity index (χ1n) is 11.0. The lowest BCUT2D eigenvalue weighted by Crippen LogP contribution is -2.21. The van der Waals surface area contributed by atoms with Gasteiger partial charge >= 0.3 is 11.9 Å². The lowest BCUT2D eigenvalue weighted by molar-refractivity contribution is -0.145. The van der Waals surface area contributed by atoms with Crippen molar-refractivity contribution in [1.82, 2.24) is 4.98 Å². The molecule has 1 amide bonds. The van der Waals surface area contributed by atoms with Gasteiger partial charge < -0.3 is 24.7 Å². The van der Waals surface area contributed by atoms with Crippen LogP contribution in [0.1, 0.15) is 63.5 Å². The Hall–Kier alpha value is -3.62. The minimum atomic E-state index is -0.787. The van der Waals surface area contributed by atoms with Crippen LogP contribution in [0.2, 0.25) is 0 Å². The lowest BCUT2D eigenvalue weighted by Gasteiger charge is -2.14. The number of rotatable bonds is 8. The average molecular weight is 477 g/mol. The van der Waals surface area contributed by atoms with Crippen molar-refractivity contribution in [1.29, 1.82) is 0 Å². The maximum Gasteiger partial charge on any atom is 0.308 e. The molecule has 188 valence electrons. The maximum absolute atomic E-state index is 11.0. The number of primary amides is 1. The number of aromatic nitrogens is 1. The van der Waals surface area contributed by atoms with Crippen LogP contribution in [0.25, 0.3) is 0 Å². The highest BCUT2D eigenvalue weighted by molar-refractivity contribution is 5.95. The molecule has 0 aliphatic rings. The van der Waals surface area contributed by atoms with Crippen LogP contribution in [0.5, 0.6) is 17.2 Å². The molecule has 2 N–H and O–H groups in total. The van der Waals surface area contributed by atoms with E-state index in [1.54, 1.807) is 6.92 Å². The van der Waals surface area contributed by atoms with Gasteiger partial charge in [0.1, 0.15) is 18.5 Å². The van der Waals surface area contributed by atoms with Gasteiger partial charge in [0.05, 0.1) is 7.11 Å². The molecule has 0 aliphatic carbocycles. The van der Waals surface area contributed by atoms with Gasteiger partial charge in [-0.25, -0.2) is 4.98 Å². The fourth-order valence-electron chi connectivity index (χ4n) is 2.20.